The van der Waals surface area contributed by atoms with E-state index in [2.05, 4.69) is 4.98 Å². The first-order valence-electron chi connectivity index (χ1n) is 5.62. The lowest BCUT2D eigenvalue weighted by molar-refractivity contribution is -0.0613. The highest BCUT2D eigenvalue weighted by molar-refractivity contribution is 5.65. The van der Waals surface area contributed by atoms with E-state index in [1.165, 1.54) is 4.90 Å². The Kier molecular flexibility index (Phi) is 3.28. The molecule has 5 nitrogen and oxygen atoms in total. The van der Waals surface area contributed by atoms with Gasteiger partial charge in [0.2, 0.25) is 0 Å². The summed E-state index contributed by atoms with van der Waals surface area (Å²) in [5.74, 6) is 0. The molecule has 1 fully saturated rings. The average Bonchev–Trinajstić information content (AvgIpc) is 2.40. The second-order valence-electron chi connectivity index (χ2n) is 4.18. The monoisotopic (exact) mass is 236 g/mol. The van der Waals surface area contributed by atoms with Crippen LogP contribution in [0, 0.1) is 0 Å². The summed E-state index contributed by atoms with van der Waals surface area (Å²) in [6.45, 7) is 0.972. The van der Waals surface area contributed by atoms with Crippen LogP contribution in [0.1, 0.15) is 18.5 Å². The first kappa shape index (κ1) is 11.9. The number of likely N-dealkylation sites (tertiary alicyclic amines) is 1. The summed E-state index contributed by atoms with van der Waals surface area (Å²) in [5, 5.41) is 8.92. The molecule has 0 bridgehead atoms. The Morgan fingerprint density at radius 3 is 2.65 bits per heavy atom. The van der Waals surface area contributed by atoms with E-state index in [0.717, 1.165) is 5.69 Å². The van der Waals surface area contributed by atoms with E-state index in [0.29, 0.717) is 25.9 Å². The summed E-state index contributed by atoms with van der Waals surface area (Å²) >= 11 is 0. The molecule has 0 aliphatic carbocycles. The van der Waals surface area contributed by atoms with Crippen molar-refractivity contribution in [3.05, 3.63) is 30.1 Å². The zero-order valence-corrected chi connectivity index (χ0v) is 9.80. The summed E-state index contributed by atoms with van der Waals surface area (Å²) in [7, 11) is 1.66. The first-order valence-corrected chi connectivity index (χ1v) is 5.62. The van der Waals surface area contributed by atoms with Gasteiger partial charge in [0.1, 0.15) is 5.60 Å². The molecule has 0 aromatic carbocycles. The number of rotatable bonds is 2. The summed E-state index contributed by atoms with van der Waals surface area (Å²) in [5.41, 5.74) is 0.445. The molecule has 1 N–H and O–H groups in total. The molecule has 0 unspecified atom stereocenters. The van der Waals surface area contributed by atoms with Gasteiger partial charge in [-0.25, -0.2) is 4.79 Å². The molecule has 1 amide bonds. The van der Waals surface area contributed by atoms with Gasteiger partial charge in [0.05, 0.1) is 5.69 Å². The normalized spacial score (nSPS) is 19.0. The van der Waals surface area contributed by atoms with Gasteiger partial charge in [-0.1, -0.05) is 6.07 Å². The van der Waals surface area contributed by atoms with E-state index in [4.69, 9.17) is 9.84 Å². The fourth-order valence-corrected chi connectivity index (χ4v) is 2.26. The van der Waals surface area contributed by atoms with Gasteiger partial charge in [0.15, 0.2) is 0 Å². The highest BCUT2D eigenvalue weighted by Gasteiger charge is 2.38. The number of ether oxygens (including phenoxy) is 1. The van der Waals surface area contributed by atoms with E-state index >= 15 is 0 Å². The van der Waals surface area contributed by atoms with Crippen LogP contribution in [0.4, 0.5) is 4.79 Å². The zero-order chi connectivity index (χ0) is 12.3. The van der Waals surface area contributed by atoms with Crippen LogP contribution in [-0.4, -0.2) is 41.3 Å². The predicted molar refractivity (Wildman–Crippen MR) is 61.8 cm³/mol. The standard InChI is InChI=1S/C12H16N2O3/c1-17-12(10-4-2-3-7-13-10)5-8-14(9-6-12)11(15)16/h2-4,7H,5-6,8-9H2,1H3,(H,15,16). The van der Waals surface area contributed by atoms with Crippen molar-refractivity contribution in [3.63, 3.8) is 0 Å². The largest absolute Gasteiger partial charge is 0.465 e. The fourth-order valence-electron chi connectivity index (χ4n) is 2.26. The van der Waals surface area contributed by atoms with Crippen LogP contribution < -0.4 is 0 Å². The van der Waals surface area contributed by atoms with Gasteiger partial charge < -0.3 is 14.7 Å². The maximum atomic E-state index is 10.9. The summed E-state index contributed by atoms with van der Waals surface area (Å²) in [6, 6.07) is 5.71. The van der Waals surface area contributed by atoms with Crippen molar-refractivity contribution in [1.82, 2.24) is 9.88 Å². The number of aromatic nitrogens is 1. The van der Waals surface area contributed by atoms with Crippen LogP contribution in [0.25, 0.3) is 0 Å². The van der Waals surface area contributed by atoms with Crippen molar-refractivity contribution in [2.75, 3.05) is 20.2 Å². The van der Waals surface area contributed by atoms with Crippen molar-refractivity contribution >= 4 is 6.09 Å². The zero-order valence-electron chi connectivity index (χ0n) is 9.80. The van der Waals surface area contributed by atoms with Crippen molar-refractivity contribution in [2.24, 2.45) is 0 Å². The number of carboxylic acid groups (broad SMARTS) is 1. The molecule has 1 aromatic heterocycles. The van der Waals surface area contributed by atoms with Crippen molar-refractivity contribution < 1.29 is 14.6 Å². The number of carbonyl (C=O) groups is 1. The number of hydrogen-bond acceptors (Lipinski definition) is 3. The number of amides is 1. The molecule has 1 aromatic rings. The Labute approximate surface area is 100 Å². The smallest absolute Gasteiger partial charge is 0.407 e. The lowest BCUT2D eigenvalue weighted by atomic mass is 9.87. The molecular formula is C12H16N2O3. The third-order valence-electron chi connectivity index (χ3n) is 3.36. The molecular weight excluding hydrogens is 220 g/mol. The number of nitrogens with zero attached hydrogens (tertiary/aromatic N) is 2. The second kappa shape index (κ2) is 4.71. The molecule has 92 valence electrons. The van der Waals surface area contributed by atoms with Crippen LogP contribution >= 0.6 is 0 Å². The van der Waals surface area contributed by atoms with Crippen LogP contribution in [0.15, 0.2) is 24.4 Å². The minimum absolute atomic E-state index is 0.437. The van der Waals surface area contributed by atoms with Gasteiger partial charge in [0, 0.05) is 26.4 Å². The Hall–Kier alpha value is -1.62. The SMILES string of the molecule is COC1(c2ccccn2)CCN(C(=O)O)CC1. The Morgan fingerprint density at radius 1 is 1.47 bits per heavy atom. The molecule has 1 saturated heterocycles. The van der Waals surface area contributed by atoms with Crippen molar-refractivity contribution in [2.45, 2.75) is 18.4 Å². The topological polar surface area (TPSA) is 62.7 Å². The molecule has 2 rings (SSSR count). The van der Waals surface area contributed by atoms with Gasteiger partial charge in [-0.15, -0.1) is 0 Å². The maximum absolute atomic E-state index is 10.9. The molecule has 1 aliphatic rings. The molecule has 2 heterocycles. The Balaban J connectivity index is 2.16. The molecule has 0 atom stereocenters. The van der Waals surface area contributed by atoms with Gasteiger partial charge in [-0.05, 0) is 25.0 Å². The second-order valence-corrected chi connectivity index (χ2v) is 4.18. The number of methoxy groups -OCH3 is 1. The number of hydrogen-bond donors (Lipinski definition) is 1. The lowest BCUT2D eigenvalue weighted by Gasteiger charge is -2.39. The van der Waals surface area contributed by atoms with Gasteiger partial charge in [0.25, 0.3) is 0 Å². The van der Waals surface area contributed by atoms with Crippen LogP contribution in [-0.2, 0) is 10.3 Å². The third kappa shape index (κ3) is 2.24. The quantitative estimate of drug-likeness (QED) is 0.848. The molecule has 0 saturated carbocycles. The van der Waals surface area contributed by atoms with E-state index in [9.17, 15) is 4.79 Å². The lowest BCUT2D eigenvalue weighted by Crippen LogP contribution is -2.46. The molecule has 0 radical (unpaired) electrons. The highest BCUT2D eigenvalue weighted by Crippen LogP contribution is 2.34. The predicted octanol–water partition coefficient (Wildman–Crippen LogP) is 1.70. The molecule has 0 spiro atoms. The fraction of sp³-hybridized carbons (Fsp3) is 0.500. The summed E-state index contributed by atoms with van der Waals surface area (Å²) < 4.78 is 5.61. The molecule has 1 aliphatic heterocycles. The summed E-state index contributed by atoms with van der Waals surface area (Å²) in [4.78, 5) is 16.6. The average molecular weight is 236 g/mol. The number of piperidine rings is 1. The minimum atomic E-state index is -0.865. The van der Waals surface area contributed by atoms with E-state index in [-0.39, 0.29) is 0 Å². The Morgan fingerprint density at radius 2 is 2.18 bits per heavy atom. The summed E-state index contributed by atoms with van der Waals surface area (Å²) in [6.07, 6.45) is 2.16. The van der Waals surface area contributed by atoms with Crippen LogP contribution in [0.3, 0.4) is 0 Å². The van der Waals surface area contributed by atoms with Gasteiger partial charge >= 0.3 is 6.09 Å². The van der Waals surface area contributed by atoms with E-state index in [1.54, 1.807) is 13.3 Å². The Bertz CT molecular complexity index is 386. The van der Waals surface area contributed by atoms with E-state index < -0.39 is 11.7 Å². The van der Waals surface area contributed by atoms with Gasteiger partial charge in [-0.2, -0.15) is 0 Å². The molecule has 17 heavy (non-hydrogen) atoms. The third-order valence-corrected chi connectivity index (χ3v) is 3.36. The van der Waals surface area contributed by atoms with E-state index in [1.807, 2.05) is 18.2 Å². The maximum Gasteiger partial charge on any atom is 0.407 e. The first-order chi connectivity index (χ1) is 8.18. The van der Waals surface area contributed by atoms with Crippen LogP contribution in [0.5, 0.6) is 0 Å². The highest BCUT2D eigenvalue weighted by atomic mass is 16.5. The van der Waals surface area contributed by atoms with Crippen LogP contribution in [0.2, 0.25) is 0 Å². The van der Waals surface area contributed by atoms with Crippen molar-refractivity contribution in [3.8, 4) is 0 Å². The minimum Gasteiger partial charge on any atom is -0.465 e. The molecule has 5 heteroatoms. The van der Waals surface area contributed by atoms with Gasteiger partial charge in [-0.3, -0.25) is 4.98 Å². The number of pyridine rings is 1. The van der Waals surface area contributed by atoms with Crippen molar-refractivity contribution in [1.29, 1.82) is 0 Å².